The summed E-state index contributed by atoms with van der Waals surface area (Å²) in [7, 11) is 0. The van der Waals surface area contributed by atoms with Gasteiger partial charge in [0.15, 0.2) is 0 Å². The number of benzene rings is 1. The Bertz CT molecular complexity index is 625. The zero-order valence-electron chi connectivity index (χ0n) is 12.5. The van der Waals surface area contributed by atoms with Gasteiger partial charge in [-0.1, -0.05) is 13.8 Å². The first-order chi connectivity index (χ1) is 10.5. The van der Waals surface area contributed by atoms with E-state index in [1.165, 1.54) is 0 Å². The highest BCUT2D eigenvalue weighted by Crippen LogP contribution is 2.39. The van der Waals surface area contributed by atoms with Crippen molar-refractivity contribution >= 4 is 5.91 Å². The minimum absolute atomic E-state index is 0.0205. The molecule has 0 fully saturated rings. The van der Waals surface area contributed by atoms with Crippen LogP contribution in [-0.4, -0.2) is 27.9 Å². The molecule has 0 aliphatic carbocycles. The molecular formula is C15H16F4N2O2. The van der Waals surface area contributed by atoms with Gasteiger partial charge in [0, 0.05) is 11.3 Å². The van der Waals surface area contributed by atoms with Crippen molar-refractivity contribution in [3.63, 3.8) is 0 Å². The number of hydrazine groups is 1. The van der Waals surface area contributed by atoms with E-state index in [4.69, 9.17) is 0 Å². The molecule has 0 bridgehead atoms. The molecule has 0 saturated carbocycles. The van der Waals surface area contributed by atoms with Crippen LogP contribution in [0.1, 0.15) is 30.6 Å². The zero-order chi connectivity index (χ0) is 17.4. The first-order valence-corrected chi connectivity index (χ1v) is 6.92. The third-order valence-electron chi connectivity index (χ3n) is 3.31. The van der Waals surface area contributed by atoms with E-state index < -0.39 is 23.6 Å². The van der Waals surface area contributed by atoms with Crippen LogP contribution in [0.15, 0.2) is 36.0 Å². The molecule has 8 heteroatoms. The van der Waals surface area contributed by atoms with Crippen molar-refractivity contribution in [2.75, 3.05) is 0 Å². The van der Waals surface area contributed by atoms with E-state index in [-0.39, 0.29) is 28.6 Å². The maximum Gasteiger partial charge on any atom is 0.442 e. The number of carbonyl (C=O) groups is 1. The minimum atomic E-state index is -5.09. The number of halogens is 4. The van der Waals surface area contributed by atoms with Gasteiger partial charge < -0.3 is 5.11 Å². The van der Waals surface area contributed by atoms with Crippen LogP contribution in [0, 0.1) is 11.7 Å². The molecule has 0 saturated heterocycles. The Morgan fingerprint density at radius 3 is 2.35 bits per heavy atom. The van der Waals surface area contributed by atoms with Crippen LogP contribution in [0.25, 0.3) is 0 Å². The molecule has 1 amide bonds. The van der Waals surface area contributed by atoms with Crippen molar-refractivity contribution in [2.45, 2.75) is 32.2 Å². The second-order valence-electron chi connectivity index (χ2n) is 5.75. The number of amides is 1. The number of rotatable bonds is 3. The average Bonchev–Trinajstić information content (AvgIpc) is 2.75. The summed E-state index contributed by atoms with van der Waals surface area (Å²) in [6, 6.07) is 4.02. The molecule has 2 rings (SSSR count). The smallest absolute Gasteiger partial charge is 0.359 e. The molecule has 23 heavy (non-hydrogen) atoms. The topological polar surface area (TPSA) is 52.6 Å². The molecule has 0 radical (unpaired) electrons. The van der Waals surface area contributed by atoms with Crippen molar-refractivity contribution in [1.82, 2.24) is 10.4 Å². The molecule has 0 aromatic heterocycles. The summed E-state index contributed by atoms with van der Waals surface area (Å²) in [4.78, 5) is 12.3. The lowest BCUT2D eigenvalue weighted by Crippen LogP contribution is -2.60. The quantitative estimate of drug-likeness (QED) is 0.837. The molecule has 1 aromatic rings. The van der Waals surface area contributed by atoms with Gasteiger partial charge in [0.1, 0.15) is 5.82 Å². The molecule has 1 atom stereocenters. The van der Waals surface area contributed by atoms with Crippen molar-refractivity contribution in [2.24, 2.45) is 5.92 Å². The first kappa shape index (κ1) is 17.3. The summed E-state index contributed by atoms with van der Waals surface area (Å²) >= 11 is 0. The third kappa shape index (κ3) is 3.31. The Morgan fingerprint density at radius 2 is 1.87 bits per heavy atom. The Balaban J connectivity index is 2.36. The molecule has 1 aromatic carbocycles. The van der Waals surface area contributed by atoms with Gasteiger partial charge >= 0.3 is 6.18 Å². The highest BCUT2D eigenvalue weighted by atomic mass is 19.4. The standard InChI is InChI=1S/C15H16F4N2O2/c1-9(2)7-12-8-14(23,15(17,18)19)21(20-12)13(22)10-3-5-11(16)6-4-10/h3-6,8-9,20,23H,7H2,1-2H3. The van der Waals surface area contributed by atoms with Gasteiger partial charge in [-0.2, -0.15) is 13.2 Å². The number of hydrogen-bond acceptors (Lipinski definition) is 3. The number of aliphatic hydroxyl groups is 1. The van der Waals surface area contributed by atoms with Crippen molar-refractivity contribution in [3.05, 3.63) is 47.4 Å². The van der Waals surface area contributed by atoms with E-state index in [9.17, 15) is 27.5 Å². The molecular weight excluding hydrogens is 316 g/mol. The molecule has 126 valence electrons. The van der Waals surface area contributed by atoms with E-state index >= 15 is 0 Å². The zero-order valence-corrected chi connectivity index (χ0v) is 12.5. The normalized spacial score (nSPS) is 21.4. The number of nitrogens with zero attached hydrogens (tertiary/aromatic N) is 1. The molecule has 1 heterocycles. The van der Waals surface area contributed by atoms with Crippen LogP contribution in [0.5, 0.6) is 0 Å². The van der Waals surface area contributed by atoms with Crippen LogP contribution >= 0.6 is 0 Å². The lowest BCUT2D eigenvalue weighted by atomic mass is 10.1. The molecule has 0 spiro atoms. The molecule has 4 nitrogen and oxygen atoms in total. The summed E-state index contributed by atoms with van der Waals surface area (Å²) in [5, 5.41) is 10.1. The van der Waals surface area contributed by atoms with Gasteiger partial charge in [-0.25, -0.2) is 9.40 Å². The maximum absolute atomic E-state index is 13.3. The number of carbonyl (C=O) groups excluding carboxylic acids is 1. The van der Waals surface area contributed by atoms with Gasteiger partial charge in [0.05, 0.1) is 0 Å². The van der Waals surface area contributed by atoms with Gasteiger partial charge in [-0.05, 0) is 42.7 Å². The Hall–Kier alpha value is -2.09. The highest BCUT2D eigenvalue weighted by molar-refractivity contribution is 5.94. The SMILES string of the molecule is CC(C)CC1=CC(O)(C(F)(F)F)N(C(=O)c2ccc(F)cc2)N1. The molecule has 1 unspecified atom stereocenters. The number of hydrogen-bond donors (Lipinski definition) is 2. The first-order valence-electron chi connectivity index (χ1n) is 6.92. The van der Waals surface area contributed by atoms with Gasteiger partial charge in [-0.15, -0.1) is 0 Å². The Kier molecular flexibility index (Phi) is 4.39. The predicted molar refractivity (Wildman–Crippen MR) is 74.2 cm³/mol. The summed E-state index contributed by atoms with van der Waals surface area (Å²) in [6.07, 6.45) is -4.27. The summed E-state index contributed by atoms with van der Waals surface area (Å²) in [6.45, 7) is 3.58. The largest absolute Gasteiger partial charge is 0.442 e. The second kappa shape index (κ2) is 5.84. The third-order valence-corrected chi connectivity index (χ3v) is 3.31. The minimum Gasteiger partial charge on any atom is -0.359 e. The fourth-order valence-electron chi connectivity index (χ4n) is 2.25. The van der Waals surface area contributed by atoms with E-state index in [1.807, 2.05) is 0 Å². The van der Waals surface area contributed by atoms with Crippen LogP contribution in [0.3, 0.4) is 0 Å². The fourth-order valence-corrected chi connectivity index (χ4v) is 2.25. The number of nitrogens with one attached hydrogen (secondary N) is 1. The van der Waals surface area contributed by atoms with Gasteiger partial charge in [-0.3, -0.25) is 10.2 Å². The van der Waals surface area contributed by atoms with Crippen LogP contribution in [0.4, 0.5) is 17.6 Å². The number of alkyl halides is 3. The average molecular weight is 332 g/mol. The Labute approximate surface area is 130 Å². The van der Waals surface area contributed by atoms with Crippen molar-refractivity contribution < 1.29 is 27.5 Å². The molecule has 1 aliphatic heterocycles. The van der Waals surface area contributed by atoms with Gasteiger partial charge in [0.2, 0.25) is 0 Å². The maximum atomic E-state index is 13.3. The fraction of sp³-hybridized carbons (Fsp3) is 0.400. The van der Waals surface area contributed by atoms with Crippen molar-refractivity contribution in [3.8, 4) is 0 Å². The highest BCUT2D eigenvalue weighted by Gasteiger charge is 2.61. The summed E-state index contributed by atoms with van der Waals surface area (Å²) < 4.78 is 52.7. The molecule has 2 N–H and O–H groups in total. The summed E-state index contributed by atoms with van der Waals surface area (Å²) in [5.74, 6) is -1.72. The van der Waals surface area contributed by atoms with Crippen LogP contribution in [0.2, 0.25) is 0 Å². The lowest BCUT2D eigenvalue weighted by Gasteiger charge is -2.33. The second-order valence-corrected chi connectivity index (χ2v) is 5.75. The number of allylic oxidation sites excluding steroid dienone is 1. The monoisotopic (exact) mass is 332 g/mol. The lowest BCUT2D eigenvalue weighted by molar-refractivity contribution is -0.283. The van der Waals surface area contributed by atoms with E-state index in [0.29, 0.717) is 6.08 Å². The predicted octanol–water partition coefficient (Wildman–Crippen LogP) is 2.97. The molecule has 1 aliphatic rings. The van der Waals surface area contributed by atoms with Gasteiger partial charge in [0.25, 0.3) is 11.6 Å². The van der Waals surface area contributed by atoms with Crippen molar-refractivity contribution in [1.29, 1.82) is 0 Å². The van der Waals surface area contributed by atoms with E-state index in [1.54, 1.807) is 13.8 Å². The Morgan fingerprint density at radius 1 is 1.30 bits per heavy atom. The summed E-state index contributed by atoms with van der Waals surface area (Å²) in [5.41, 5.74) is -1.23. The van der Waals surface area contributed by atoms with Crippen LogP contribution in [-0.2, 0) is 0 Å². The van der Waals surface area contributed by atoms with Crippen LogP contribution < -0.4 is 5.43 Å². The van der Waals surface area contributed by atoms with E-state index in [0.717, 1.165) is 24.3 Å². The van der Waals surface area contributed by atoms with E-state index in [2.05, 4.69) is 5.43 Å².